The van der Waals surface area contributed by atoms with Crippen molar-refractivity contribution in [3.63, 3.8) is 0 Å². The fourth-order valence-electron chi connectivity index (χ4n) is 2.21. The van der Waals surface area contributed by atoms with Crippen molar-refractivity contribution in [1.29, 1.82) is 0 Å². The number of carbonyl (C=O) groups is 1. The Morgan fingerprint density at radius 1 is 1.42 bits per heavy atom. The molecule has 0 aromatic heterocycles. The van der Waals surface area contributed by atoms with Gasteiger partial charge in [0.1, 0.15) is 11.5 Å². The highest BCUT2D eigenvalue weighted by Crippen LogP contribution is 2.28. The smallest absolute Gasteiger partial charge is 0.241 e. The van der Waals surface area contributed by atoms with Gasteiger partial charge in [-0.25, -0.2) is 0 Å². The number of amides is 1. The molecule has 0 saturated carbocycles. The summed E-state index contributed by atoms with van der Waals surface area (Å²) in [5.74, 6) is 0.537. The zero-order valence-corrected chi connectivity index (χ0v) is 11.1. The zero-order valence-electron chi connectivity index (χ0n) is 11.1. The number of ether oxygens (including phenoxy) is 1. The molecule has 1 fully saturated rings. The van der Waals surface area contributed by atoms with E-state index in [0.29, 0.717) is 11.4 Å². The van der Waals surface area contributed by atoms with Gasteiger partial charge in [-0.05, 0) is 31.5 Å². The van der Waals surface area contributed by atoms with Gasteiger partial charge in [0, 0.05) is 6.07 Å². The maximum atomic E-state index is 12.1. The molecule has 3 N–H and O–H groups in total. The number of aromatic hydroxyl groups is 1. The van der Waals surface area contributed by atoms with E-state index in [9.17, 15) is 9.90 Å². The SMILES string of the molecule is COc1ccc(O)c(NC(=O)C2CCCCCN2)c1. The fraction of sp³-hybridized carbons (Fsp3) is 0.500. The molecular formula is C14H20N2O3. The van der Waals surface area contributed by atoms with Crippen LogP contribution in [0.1, 0.15) is 25.7 Å². The van der Waals surface area contributed by atoms with Crippen LogP contribution < -0.4 is 15.4 Å². The van der Waals surface area contributed by atoms with E-state index >= 15 is 0 Å². The Morgan fingerprint density at radius 2 is 2.26 bits per heavy atom. The molecule has 104 valence electrons. The Hall–Kier alpha value is -1.75. The minimum absolute atomic E-state index is 0.0442. The van der Waals surface area contributed by atoms with Crippen molar-refractivity contribution in [3.05, 3.63) is 18.2 Å². The van der Waals surface area contributed by atoms with E-state index in [1.54, 1.807) is 19.2 Å². The van der Waals surface area contributed by atoms with Crippen LogP contribution in [-0.4, -0.2) is 30.7 Å². The normalized spacial score (nSPS) is 19.5. The summed E-state index contributed by atoms with van der Waals surface area (Å²) in [6.45, 7) is 0.863. The third-order valence-electron chi connectivity index (χ3n) is 3.34. The molecule has 1 unspecified atom stereocenters. The first-order valence-electron chi connectivity index (χ1n) is 6.62. The summed E-state index contributed by atoms with van der Waals surface area (Å²) in [4.78, 5) is 12.1. The van der Waals surface area contributed by atoms with Crippen LogP contribution in [0.15, 0.2) is 18.2 Å². The summed E-state index contributed by atoms with van der Waals surface area (Å²) in [5.41, 5.74) is 0.385. The van der Waals surface area contributed by atoms with E-state index in [1.165, 1.54) is 6.07 Å². The van der Waals surface area contributed by atoms with Crippen LogP contribution in [0.25, 0.3) is 0 Å². The van der Waals surface area contributed by atoms with Crippen LogP contribution in [-0.2, 0) is 4.79 Å². The summed E-state index contributed by atoms with van der Waals surface area (Å²) >= 11 is 0. The third kappa shape index (κ3) is 3.61. The first kappa shape index (κ1) is 13.7. The standard InChI is InChI=1S/C14H20N2O3/c1-19-10-6-7-13(17)12(9-10)16-14(18)11-5-3-2-4-8-15-11/h6-7,9,11,15,17H,2-5,8H2,1H3,(H,16,18). The maximum Gasteiger partial charge on any atom is 0.241 e. The monoisotopic (exact) mass is 264 g/mol. The summed E-state index contributed by atoms with van der Waals surface area (Å²) < 4.78 is 5.08. The molecule has 1 saturated heterocycles. The predicted octanol–water partition coefficient (Wildman–Crippen LogP) is 1.87. The van der Waals surface area contributed by atoms with E-state index < -0.39 is 0 Å². The van der Waals surface area contributed by atoms with Crippen LogP contribution in [0.2, 0.25) is 0 Å². The molecule has 0 bridgehead atoms. The number of methoxy groups -OCH3 is 1. The average molecular weight is 264 g/mol. The third-order valence-corrected chi connectivity index (χ3v) is 3.34. The molecule has 19 heavy (non-hydrogen) atoms. The van der Waals surface area contributed by atoms with E-state index in [2.05, 4.69) is 10.6 Å². The van der Waals surface area contributed by atoms with Gasteiger partial charge in [-0.1, -0.05) is 12.8 Å². The topological polar surface area (TPSA) is 70.6 Å². The summed E-state index contributed by atoms with van der Waals surface area (Å²) in [7, 11) is 1.55. The molecule has 1 aliphatic heterocycles. The second-order valence-corrected chi connectivity index (χ2v) is 4.73. The van der Waals surface area contributed by atoms with Gasteiger partial charge in [-0.2, -0.15) is 0 Å². The second kappa shape index (κ2) is 6.43. The van der Waals surface area contributed by atoms with Gasteiger partial charge in [0.25, 0.3) is 0 Å². The van der Waals surface area contributed by atoms with Crippen molar-refractivity contribution in [2.75, 3.05) is 19.0 Å². The summed E-state index contributed by atoms with van der Waals surface area (Å²) in [5, 5.41) is 15.7. The highest BCUT2D eigenvalue weighted by Gasteiger charge is 2.20. The van der Waals surface area contributed by atoms with Crippen LogP contribution >= 0.6 is 0 Å². The number of hydrogen-bond acceptors (Lipinski definition) is 4. The first-order chi connectivity index (χ1) is 9.20. The second-order valence-electron chi connectivity index (χ2n) is 4.73. The average Bonchev–Trinajstić information content (AvgIpc) is 2.70. The van der Waals surface area contributed by atoms with Crippen LogP contribution in [0.3, 0.4) is 0 Å². The lowest BCUT2D eigenvalue weighted by Crippen LogP contribution is -2.39. The van der Waals surface area contributed by atoms with E-state index in [0.717, 1.165) is 32.2 Å². The van der Waals surface area contributed by atoms with Gasteiger partial charge in [0.15, 0.2) is 0 Å². The molecule has 2 rings (SSSR count). The van der Waals surface area contributed by atoms with E-state index in [4.69, 9.17) is 4.74 Å². The Bertz CT molecular complexity index is 440. The molecule has 1 heterocycles. The van der Waals surface area contributed by atoms with Crippen molar-refractivity contribution in [1.82, 2.24) is 5.32 Å². The molecule has 1 atom stereocenters. The number of phenols is 1. The predicted molar refractivity (Wildman–Crippen MR) is 73.5 cm³/mol. The largest absolute Gasteiger partial charge is 0.506 e. The molecule has 1 aromatic rings. The number of rotatable bonds is 3. The lowest BCUT2D eigenvalue weighted by Gasteiger charge is -2.16. The molecule has 5 heteroatoms. The molecule has 0 spiro atoms. The number of nitrogens with one attached hydrogen (secondary N) is 2. The quantitative estimate of drug-likeness (QED) is 0.729. The highest BCUT2D eigenvalue weighted by molar-refractivity contribution is 5.96. The number of phenolic OH excluding ortho intramolecular Hbond substituents is 1. The molecule has 0 radical (unpaired) electrons. The highest BCUT2D eigenvalue weighted by atomic mass is 16.5. The van der Waals surface area contributed by atoms with Crippen molar-refractivity contribution in [3.8, 4) is 11.5 Å². The molecule has 1 aromatic carbocycles. The van der Waals surface area contributed by atoms with Crippen LogP contribution in [0, 0.1) is 0 Å². The van der Waals surface area contributed by atoms with Crippen molar-refractivity contribution >= 4 is 11.6 Å². The summed E-state index contributed by atoms with van der Waals surface area (Å²) in [6.07, 6.45) is 4.14. The van der Waals surface area contributed by atoms with Gasteiger partial charge in [-0.3, -0.25) is 4.79 Å². The molecule has 0 aliphatic carbocycles. The lowest BCUT2D eigenvalue weighted by molar-refractivity contribution is -0.118. The molecule has 5 nitrogen and oxygen atoms in total. The van der Waals surface area contributed by atoms with E-state index in [-0.39, 0.29) is 17.7 Å². The van der Waals surface area contributed by atoms with Crippen molar-refractivity contribution < 1.29 is 14.6 Å². The Morgan fingerprint density at radius 3 is 3.05 bits per heavy atom. The van der Waals surface area contributed by atoms with E-state index in [1.807, 2.05) is 0 Å². The lowest BCUT2D eigenvalue weighted by atomic mass is 10.1. The van der Waals surface area contributed by atoms with Gasteiger partial charge in [0.2, 0.25) is 5.91 Å². The number of anilines is 1. The number of carbonyl (C=O) groups excluding carboxylic acids is 1. The van der Waals surface area contributed by atoms with Crippen LogP contribution in [0.5, 0.6) is 11.5 Å². The minimum atomic E-state index is -0.187. The first-order valence-corrected chi connectivity index (χ1v) is 6.62. The molecule has 1 aliphatic rings. The van der Waals surface area contributed by atoms with Gasteiger partial charge < -0.3 is 20.5 Å². The van der Waals surface area contributed by atoms with Crippen molar-refractivity contribution in [2.45, 2.75) is 31.7 Å². The van der Waals surface area contributed by atoms with Gasteiger partial charge >= 0.3 is 0 Å². The van der Waals surface area contributed by atoms with Crippen LogP contribution in [0.4, 0.5) is 5.69 Å². The Kier molecular flexibility index (Phi) is 4.63. The maximum absolute atomic E-state index is 12.1. The number of benzene rings is 1. The van der Waals surface area contributed by atoms with Gasteiger partial charge in [0.05, 0.1) is 18.8 Å². The number of hydrogen-bond donors (Lipinski definition) is 3. The molecule has 1 amide bonds. The van der Waals surface area contributed by atoms with Crippen molar-refractivity contribution in [2.24, 2.45) is 0 Å². The fourth-order valence-corrected chi connectivity index (χ4v) is 2.21. The Balaban J connectivity index is 2.05. The van der Waals surface area contributed by atoms with Gasteiger partial charge in [-0.15, -0.1) is 0 Å². The Labute approximate surface area is 113 Å². The zero-order chi connectivity index (χ0) is 13.7. The minimum Gasteiger partial charge on any atom is -0.506 e. The summed E-state index contributed by atoms with van der Waals surface area (Å²) in [6, 6.07) is 4.58. The molecular weight excluding hydrogens is 244 g/mol.